The number of rotatable bonds is 6. The second-order valence-corrected chi connectivity index (χ2v) is 6.23. The average Bonchev–Trinajstić information content (AvgIpc) is 3.04. The molecular weight excluding hydrogens is 314 g/mol. The summed E-state index contributed by atoms with van der Waals surface area (Å²) in [5.74, 6) is 0.121. The second kappa shape index (κ2) is 7.28. The van der Waals surface area contributed by atoms with Gasteiger partial charge in [-0.3, -0.25) is 0 Å². The molecule has 0 amide bonds. The third kappa shape index (κ3) is 4.10. The van der Waals surface area contributed by atoms with Crippen LogP contribution in [0, 0.1) is 0 Å². The van der Waals surface area contributed by atoms with E-state index in [4.69, 9.17) is 9.47 Å². The molecule has 0 unspecified atom stereocenters. The number of esters is 1. The van der Waals surface area contributed by atoms with E-state index < -0.39 is 11.6 Å². The smallest absolute Gasteiger partial charge is 0.349 e. The van der Waals surface area contributed by atoms with E-state index in [1.807, 2.05) is 17.5 Å². The number of carbonyl (C=O) groups is 1. The third-order valence-electron chi connectivity index (χ3n) is 3.12. The van der Waals surface area contributed by atoms with E-state index in [0.717, 1.165) is 10.4 Å². The van der Waals surface area contributed by atoms with Gasteiger partial charge in [0.2, 0.25) is 0 Å². The molecule has 2 aromatic rings. The Hall–Kier alpha value is -2.34. The lowest BCUT2D eigenvalue weighted by Gasteiger charge is -2.24. The first-order valence-corrected chi connectivity index (χ1v) is 8.08. The Morgan fingerprint density at radius 3 is 2.48 bits per heavy atom. The number of nitrogens with zero attached hydrogens (tertiary/aromatic N) is 1. The predicted molar refractivity (Wildman–Crippen MR) is 89.5 cm³/mol. The monoisotopic (exact) mass is 333 g/mol. The molecule has 0 aliphatic carbocycles. The first-order chi connectivity index (χ1) is 11.0. The molecule has 23 heavy (non-hydrogen) atoms. The third-order valence-corrected chi connectivity index (χ3v) is 4.00. The molecule has 6 heteroatoms. The van der Waals surface area contributed by atoms with Gasteiger partial charge in [0.25, 0.3) is 0 Å². The van der Waals surface area contributed by atoms with Gasteiger partial charge in [-0.1, -0.05) is 11.2 Å². The van der Waals surface area contributed by atoms with E-state index in [-0.39, 0.29) is 0 Å². The molecule has 1 aromatic heterocycles. The summed E-state index contributed by atoms with van der Waals surface area (Å²) in [5, 5.41) is 14.5. The van der Waals surface area contributed by atoms with E-state index >= 15 is 0 Å². The van der Waals surface area contributed by atoms with Crippen molar-refractivity contribution >= 4 is 23.0 Å². The molecule has 1 N–H and O–H groups in total. The summed E-state index contributed by atoms with van der Waals surface area (Å²) in [6, 6.07) is 10.8. The molecule has 5 nitrogen and oxygen atoms in total. The van der Waals surface area contributed by atoms with Crippen LogP contribution in [0.15, 0.2) is 46.9 Å². The van der Waals surface area contributed by atoms with Crippen LogP contribution < -0.4 is 4.74 Å². The van der Waals surface area contributed by atoms with Gasteiger partial charge in [-0.15, -0.1) is 11.3 Å². The number of hydrogen-bond donors (Lipinski definition) is 1. The summed E-state index contributed by atoms with van der Waals surface area (Å²) >= 11 is 1.49. The number of oxime groups is 1. The number of hydrogen-bond acceptors (Lipinski definition) is 6. The zero-order chi connectivity index (χ0) is 16.9. The molecule has 1 aromatic carbocycles. The van der Waals surface area contributed by atoms with Crippen LogP contribution in [0.2, 0.25) is 0 Å². The van der Waals surface area contributed by atoms with Crippen molar-refractivity contribution in [2.45, 2.75) is 26.4 Å². The molecule has 0 radical (unpaired) electrons. The summed E-state index contributed by atoms with van der Waals surface area (Å²) in [6.45, 7) is 5.38. The van der Waals surface area contributed by atoms with Crippen molar-refractivity contribution in [1.29, 1.82) is 0 Å². The van der Waals surface area contributed by atoms with E-state index in [0.29, 0.717) is 18.1 Å². The lowest BCUT2D eigenvalue weighted by atomic mass is 10.1. The minimum absolute atomic E-state index is 0.307. The van der Waals surface area contributed by atoms with Gasteiger partial charge in [0.1, 0.15) is 11.5 Å². The van der Waals surface area contributed by atoms with Gasteiger partial charge in [-0.2, -0.15) is 0 Å². The largest absolute Gasteiger partial charge is 0.476 e. The molecule has 0 bridgehead atoms. The molecule has 0 spiro atoms. The van der Waals surface area contributed by atoms with E-state index in [9.17, 15) is 10.0 Å². The Morgan fingerprint density at radius 1 is 1.26 bits per heavy atom. The fourth-order valence-electron chi connectivity index (χ4n) is 1.98. The first kappa shape index (κ1) is 17.0. The van der Waals surface area contributed by atoms with Crippen LogP contribution >= 0.6 is 11.3 Å². The molecule has 0 saturated carbocycles. The fraction of sp³-hybridized carbons (Fsp3) is 0.294. The maximum atomic E-state index is 11.8. The second-order valence-electron chi connectivity index (χ2n) is 5.28. The zero-order valence-electron chi connectivity index (χ0n) is 13.3. The van der Waals surface area contributed by atoms with Crippen LogP contribution in [0.5, 0.6) is 5.75 Å². The van der Waals surface area contributed by atoms with Crippen LogP contribution in [0.25, 0.3) is 0 Å². The van der Waals surface area contributed by atoms with Gasteiger partial charge < -0.3 is 14.7 Å². The highest BCUT2D eigenvalue weighted by Gasteiger charge is 2.31. The standard InChI is InChI=1S/C17H19NO4S/c1-4-21-16(19)17(2,3)22-13-9-7-12(8-10-13)15(18-20)14-6-5-11-23-14/h5-11,20H,4H2,1-3H3/b18-15+. The normalized spacial score (nSPS) is 12.0. The summed E-state index contributed by atoms with van der Waals surface area (Å²) < 4.78 is 10.7. The lowest BCUT2D eigenvalue weighted by Crippen LogP contribution is -2.39. The lowest BCUT2D eigenvalue weighted by molar-refractivity contribution is -0.158. The van der Waals surface area contributed by atoms with Crippen molar-refractivity contribution in [1.82, 2.24) is 0 Å². The molecule has 1 heterocycles. The van der Waals surface area contributed by atoms with Crippen molar-refractivity contribution < 1.29 is 19.5 Å². The predicted octanol–water partition coefficient (Wildman–Crippen LogP) is 3.70. The van der Waals surface area contributed by atoms with Crippen molar-refractivity contribution in [3.8, 4) is 5.75 Å². The topological polar surface area (TPSA) is 68.1 Å². The average molecular weight is 333 g/mol. The molecule has 122 valence electrons. The number of ether oxygens (including phenoxy) is 2. The highest BCUT2D eigenvalue weighted by atomic mass is 32.1. The van der Waals surface area contributed by atoms with Gasteiger partial charge in [0.05, 0.1) is 11.5 Å². The van der Waals surface area contributed by atoms with E-state index in [1.165, 1.54) is 11.3 Å². The van der Waals surface area contributed by atoms with Crippen molar-refractivity contribution in [2.75, 3.05) is 6.61 Å². The molecule has 0 atom stereocenters. The van der Waals surface area contributed by atoms with Gasteiger partial charge in [0, 0.05) is 5.56 Å². The van der Waals surface area contributed by atoms with Gasteiger partial charge in [-0.25, -0.2) is 4.79 Å². The highest BCUT2D eigenvalue weighted by molar-refractivity contribution is 7.12. The van der Waals surface area contributed by atoms with Crippen molar-refractivity contribution in [2.24, 2.45) is 5.16 Å². The number of benzene rings is 1. The van der Waals surface area contributed by atoms with Crippen LogP contribution in [0.4, 0.5) is 0 Å². The Bertz CT molecular complexity index is 675. The maximum absolute atomic E-state index is 11.8. The van der Waals surface area contributed by atoms with Gasteiger partial charge in [-0.05, 0) is 56.5 Å². The maximum Gasteiger partial charge on any atom is 0.349 e. The first-order valence-electron chi connectivity index (χ1n) is 7.20. The molecule has 0 aliphatic rings. The summed E-state index contributed by atoms with van der Waals surface area (Å²) in [7, 11) is 0. The summed E-state index contributed by atoms with van der Waals surface area (Å²) in [6.07, 6.45) is 0. The quantitative estimate of drug-likeness (QED) is 0.379. The number of thiophene rings is 1. The molecule has 0 fully saturated rings. The summed E-state index contributed by atoms with van der Waals surface area (Å²) in [5.41, 5.74) is 0.187. The van der Waals surface area contributed by atoms with Crippen molar-refractivity contribution in [3.05, 3.63) is 52.2 Å². The van der Waals surface area contributed by atoms with Crippen LogP contribution in [0.1, 0.15) is 31.2 Å². The summed E-state index contributed by atoms with van der Waals surface area (Å²) in [4.78, 5) is 12.7. The Morgan fingerprint density at radius 2 is 1.96 bits per heavy atom. The van der Waals surface area contributed by atoms with Crippen LogP contribution in [-0.2, 0) is 9.53 Å². The molecule has 2 rings (SSSR count). The molecule has 0 saturated heterocycles. The van der Waals surface area contributed by atoms with Crippen LogP contribution in [-0.4, -0.2) is 29.1 Å². The van der Waals surface area contributed by atoms with Gasteiger partial charge >= 0.3 is 5.97 Å². The zero-order valence-corrected chi connectivity index (χ0v) is 14.1. The van der Waals surface area contributed by atoms with Crippen molar-refractivity contribution in [3.63, 3.8) is 0 Å². The highest BCUT2D eigenvalue weighted by Crippen LogP contribution is 2.22. The van der Waals surface area contributed by atoms with E-state index in [2.05, 4.69) is 5.16 Å². The Balaban J connectivity index is 2.15. The Labute approximate surface area is 139 Å². The fourth-order valence-corrected chi connectivity index (χ4v) is 2.72. The van der Waals surface area contributed by atoms with Crippen LogP contribution in [0.3, 0.4) is 0 Å². The molecular formula is C17H19NO4S. The van der Waals surface area contributed by atoms with E-state index in [1.54, 1.807) is 45.0 Å². The minimum atomic E-state index is -1.07. The Kier molecular flexibility index (Phi) is 5.39. The SMILES string of the molecule is CCOC(=O)C(C)(C)Oc1ccc(/C(=N\O)c2cccs2)cc1. The minimum Gasteiger partial charge on any atom is -0.476 e. The molecule has 0 aliphatic heterocycles. The number of carbonyl (C=O) groups excluding carboxylic acids is 1. The van der Waals surface area contributed by atoms with Gasteiger partial charge in [0.15, 0.2) is 5.60 Å².